The summed E-state index contributed by atoms with van der Waals surface area (Å²) in [6, 6.07) is 19.9. The molecule has 0 spiro atoms. The quantitative estimate of drug-likeness (QED) is 0.178. The number of benzene rings is 2. The largest absolute Gasteiger partial charge is 0.493 e. The highest BCUT2D eigenvalue weighted by molar-refractivity contribution is 5.99. The van der Waals surface area contributed by atoms with Gasteiger partial charge in [0.15, 0.2) is 35.2 Å². The monoisotopic (exact) mass is 593 g/mol. The molecule has 0 radical (unpaired) electrons. The molecule has 228 valence electrons. The van der Waals surface area contributed by atoms with Gasteiger partial charge in [0.2, 0.25) is 6.79 Å². The van der Waals surface area contributed by atoms with Gasteiger partial charge in [-0.2, -0.15) is 0 Å². The van der Waals surface area contributed by atoms with E-state index in [1.54, 1.807) is 19.1 Å². The van der Waals surface area contributed by atoms with Crippen LogP contribution in [-0.4, -0.2) is 68.1 Å². The fourth-order valence-electron chi connectivity index (χ4n) is 4.50. The molecule has 4 atom stereocenters. The Hall–Kier alpha value is -4.64. The van der Waals surface area contributed by atoms with Crippen molar-refractivity contribution in [3.63, 3.8) is 0 Å². The molecule has 0 saturated carbocycles. The van der Waals surface area contributed by atoms with Gasteiger partial charge < -0.3 is 33.2 Å². The molecule has 0 unspecified atom stereocenters. The van der Waals surface area contributed by atoms with Gasteiger partial charge in [-0.05, 0) is 37.6 Å². The standard InChI is InChI=1S/C32H35NO10/c1-21-30(43-25-12-8-5-9-13-25)28(42-24-10-6-4-7-11-24)19-38-17-15-23(32(36)41-21)18-26(35)29-31(40-20-39-22(2)34)27(37-3)14-16-33-29/h4-14,16,21,23,28,30H,15,17-20H2,1-3H3/t21-,23+,28-,30-/m0/s1. The number of rotatable bonds is 11. The first-order valence-corrected chi connectivity index (χ1v) is 13.9. The van der Waals surface area contributed by atoms with Crippen LogP contribution in [-0.2, 0) is 23.8 Å². The number of Topliss-reactive ketones (excluding diaryl/α,β-unsaturated/α-hetero) is 1. The zero-order chi connectivity index (χ0) is 30.6. The molecule has 1 fully saturated rings. The number of carbonyl (C=O) groups is 3. The number of esters is 2. The number of para-hydroxylation sites is 2. The fraction of sp³-hybridized carbons (Fsp3) is 0.375. The molecular weight excluding hydrogens is 558 g/mol. The molecule has 1 aliphatic rings. The third-order valence-electron chi connectivity index (χ3n) is 6.65. The van der Waals surface area contributed by atoms with Crippen molar-refractivity contribution in [2.24, 2.45) is 5.92 Å². The number of hydrogen-bond acceptors (Lipinski definition) is 11. The maximum Gasteiger partial charge on any atom is 0.309 e. The molecule has 0 amide bonds. The van der Waals surface area contributed by atoms with Gasteiger partial charge in [-0.15, -0.1) is 0 Å². The first-order valence-electron chi connectivity index (χ1n) is 13.9. The maximum absolute atomic E-state index is 13.5. The van der Waals surface area contributed by atoms with E-state index in [-0.39, 0.29) is 43.2 Å². The number of nitrogens with zero attached hydrogens (tertiary/aromatic N) is 1. The van der Waals surface area contributed by atoms with Crippen molar-refractivity contribution < 1.29 is 47.5 Å². The Labute approximate surface area is 250 Å². The van der Waals surface area contributed by atoms with Crippen LogP contribution in [0.3, 0.4) is 0 Å². The lowest BCUT2D eigenvalue weighted by Gasteiger charge is -2.34. The molecule has 11 nitrogen and oxygen atoms in total. The first-order chi connectivity index (χ1) is 20.9. The summed E-state index contributed by atoms with van der Waals surface area (Å²) in [5.41, 5.74) is -0.0630. The Balaban J connectivity index is 1.53. The van der Waals surface area contributed by atoms with Crippen molar-refractivity contribution in [2.45, 2.75) is 45.0 Å². The SMILES string of the molecule is COc1ccnc(C(=O)C[C@H]2CCOC[C@H](Oc3ccccc3)[C@@H](Oc3ccccc3)[C@H](C)OC2=O)c1OCOC(C)=O. The number of hydrogen-bond donors (Lipinski definition) is 0. The molecule has 1 aliphatic heterocycles. The summed E-state index contributed by atoms with van der Waals surface area (Å²) in [4.78, 5) is 42.3. The molecule has 11 heteroatoms. The summed E-state index contributed by atoms with van der Waals surface area (Å²) in [6.07, 6.45) is -0.734. The van der Waals surface area contributed by atoms with Gasteiger partial charge in [0.25, 0.3) is 0 Å². The number of aromatic nitrogens is 1. The van der Waals surface area contributed by atoms with E-state index in [1.165, 1.54) is 26.3 Å². The summed E-state index contributed by atoms with van der Waals surface area (Å²) in [5.74, 6) is -1.04. The van der Waals surface area contributed by atoms with Crippen LogP contribution in [0, 0.1) is 5.92 Å². The highest BCUT2D eigenvalue weighted by Gasteiger charge is 2.37. The number of ether oxygens (including phenoxy) is 7. The molecule has 2 heterocycles. The molecule has 0 aliphatic carbocycles. The van der Waals surface area contributed by atoms with Gasteiger partial charge in [-0.1, -0.05) is 36.4 Å². The van der Waals surface area contributed by atoms with Crippen molar-refractivity contribution >= 4 is 17.7 Å². The second kappa shape index (κ2) is 15.5. The predicted octanol–water partition coefficient (Wildman–Crippen LogP) is 4.43. The van der Waals surface area contributed by atoms with E-state index in [4.69, 9.17) is 33.2 Å². The van der Waals surface area contributed by atoms with E-state index < -0.39 is 48.7 Å². The lowest BCUT2D eigenvalue weighted by atomic mass is 9.96. The van der Waals surface area contributed by atoms with Gasteiger partial charge >= 0.3 is 11.9 Å². The lowest BCUT2D eigenvalue weighted by Crippen LogP contribution is -2.49. The van der Waals surface area contributed by atoms with Crippen LogP contribution in [0.5, 0.6) is 23.0 Å². The van der Waals surface area contributed by atoms with Gasteiger partial charge in [-0.3, -0.25) is 14.4 Å². The average molecular weight is 594 g/mol. The van der Waals surface area contributed by atoms with E-state index >= 15 is 0 Å². The zero-order valence-corrected chi connectivity index (χ0v) is 24.3. The van der Waals surface area contributed by atoms with Crippen molar-refractivity contribution in [3.8, 4) is 23.0 Å². The highest BCUT2D eigenvalue weighted by Crippen LogP contribution is 2.32. The van der Waals surface area contributed by atoms with Crippen molar-refractivity contribution in [1.29, 1.82) is 0 Å². The van der Waals surface area contributed by atoms with E-state index in [0.29, 0.717) is 11.5 Å². The fourth-order valence-corrected chi connectivity index (χ4v) is 4.50. The van der Waals surface area contributed by atoms with E-state index in [1.807, 2.05) is 48.5 Å². The van der Waals surface area contributed by atoms with Crippen LogP contribution >= 0.6 is 0 Å². The third-order valence-corrected chi connectivity index (χ3v) is 6.65. The number of pyridine rings is 1. The molecule has 1 saturated heterocycles. The van der Waals surface area contributed by atoms with Crippen LogP contribution in [0.15, 0.2) is 72.9 Å². The summed E-state index contributed by atoms with van der Waals surface area (Å²) >= 11 is 0. The number of methoxy groups -OCH3 is 1. The number of carbonyl (C=O) groups excluding carboxylic acids is 3. The summed E-state index contributed by atoms with van der Waals surface area (Å²) < 4.78 is 40.1. The molecule has 43 heavy (non-hydrogen) atoms. The molecule has 2 aromatic carbocycles. The van der Waals surface area contributed by atoms with Crippen LogP contribution in [0.1, 0.15) is 37.2 Å². The van der Waals surface area contributed by atoms with Crippen LogP contribution in [0.25, 0.3) is 0 Å². The van der Waals surface area contributed by atoms with Gasteiger partial charge in [-0.25, -0.2) is 4.98 Å². The van der Waals surface area contributed by atoms with Crippen molar-refractivity contribution in [1.82, 2.24) is 4.98 Å². The van der Waals surface area contributed by atoms with Gasteiger partial charge in [0.1, 0.15) is 17.6 Å². The molecular formula is C32H35NO10. The van der Waals surface area contributed by atoms with Crippen LogP contribution in [0.4, 0.5) is 0 Å². The molecule has 1 aromatic heterocycles. The minimum absolute atomic E-state index is 0.00586. The highest BCUT2D eigenvalue weighted by atomic mass is 16.7. The predicted molar refractivity (Wildman–Crippen MR) is 153 cm³/mol. The van der Waals surface area contributed by atoms with Crippen molar-refractivity contribution in [3.05, 3.63) is 78.6 Å². The Morgan fingerprint density at radius 2 is 1.65 bits per heavy atom. The first kappa shape index (κ1) is 31.3. The van der Waals surface area contributed by atoms with Gasteiger partial charge in [0.05, 0.1) is 19.6 Å². The minimum atomic E-state index is -0.840. The second-order valence-corrected chi connectivity index (χ2v) is 9.78. The normalized spacial score (nSPS) is 20.7. The maximum atomic E-state index is 13.5. The Morgan fingerprint density at radius 3 is 2.30 bits per heavy atom. The topological polar surface area (TPSA) is 129 Å². The van der Waals surface area contributed by atoms with Gasteiger partial charge in [0, 0.05) is 32.2 Å². The number of cyclic esters (lactones) is 1. The van der Waals surface area contributed by atoms with E-state index in [2.05, 4.69) is 4.98 Å². The Bertz CT molecular complexity index is 1350. The molecule has 0 N–H and O–H groups in total. The van der Waals surface area contributed by atoms with Crippen LogP contribution < -0.4 is 18.9 Å². The summed E-state index contributed by atoms with van der Waals surface area (Å²) in [7, 11) is 1.41. The third kappa shape index (κ3) is 8.92. The zero-order valence-electron chi connectivity index (χ0n) is 24.3. The second-order valence-electron chi connectivity index (χ2n) is 9.78. The molecule has 0 bridgehead atoms. The minimum Gasteiger partial charge on any atom is -0.493 e. The molecule has 4 rings (SSSR count). The van der Waals surface area contributed by atoms with E-state index in [9.17, 15) is 14.4 Å². The van der Waals surface area contributed by atoms with Crippen LogP contribution in [0.2, 0.25) is 0 Å². The van der Waals surface area contributed by atoms with Crippen molar-refractivity contribution in [2.75, 3.05) is 27.1 Å². The smallest absolute Gasteiger partial charge is 0.309 e. The number of ketones is 1. The average Bonchev–Trinajstić information content (AvgIpc) is 3.01. The van der Waals surface area contributed by atoms with E-state index in [0.717, 1.165) is 0 Å². The molecule has 3 aromatic rings. The summed E-state index contributed by atoms with van der Waals surface area (Å²) in [5, 5.41) is 0. The summed E-state index contributed by atoms with van der Waals surface area (Å²) in [6.45, 7) is 2.83. The Morgan fingerprint density at radius 1 is 0.977 bits per heavy atom. The Kier molecular flexibility index (Phi) is 11.3. The lowest BCUT2D eigenvalue weighted by molar-refractivity contribution is -0.165.